The predicted octanol–water partition coefficient (Wildman–Crippen LogP) is 3.90. The van der Waals surface area contributed by atoms with E-state index in [0.29, 0.717) is 17.8 Å². The van der Waals surface area contributed by atoms with Crippen molar-refractivity contribution < 1.29 is 22.4 Å². The number of aromatic nitrogens is 1. The van der Waals surface area contributed by atoms with Crippen LogP contribution >= 0.6 is 0 Å². The summed E-state index contributed by atoms with van der Waals surface area (Å²) < 4.78 is 49.3. The molecule has 134 valence electrons. The van der Waals surface area contributed by atoms with Crippen LogP contribution in [0.4, 0.5) is 13.2 Å². The minimum Gasteiger partial charge on any atom is -0.377 e. The van der Waals surface area contributed by atoms with Gasteiger partial charge in [0.1, 0.15) is 11.5 Å². The Morgan fingerprint density at radius 2 is 2.00 bits per heavy atom. The summed E-state index contributed by atoms with van der Waals surface area (Å²) in [7, 11) is 0. The van der Waals surface area contributed by atoms with Crippen LogP contribution in [0.15, 0.2) is 28.8 Å². The van der Waals surface area contributed by atoms with Crippen LogP contribution in [0.2, 0.25) is 0 Å². The van der Waals surface area contributed by atoms with E-state index in [4.69, 9.17) is 9.26 Å². The number of halogens is 3. The Kier molecular flexibility index (Phi) is 4.29. The summed E-state index contributed by atoms with van der Waals surface area (Å²) in [6.45, 7) is 3.27. The maximum atomic E-state index is 12.7. The Morgan fingerprint density at radius 3 is 2.68 bits per heavy atom. The summed E-state index contributed by atoms with van der Waals surface area (Å²) in [6.07, 6.45) is -1.11. The average Bonchev–Trinajstić information content (AvgIpc) is 3.23. The number of benzene rings is 1. The Hall–Kier alpha value is -1.86. The van der Waals surface area contributed by atoms with Crippen LogP contribution in [-0.4, -0.2) is 35.9 Å². The molecule has 0 unspecified atom stereocenters. The van der Waals surface area contributed by atoms with Crippen LogP contribution in [-0.2, 0) is 23.9 Å². The normalized spacial score (nSPS) is 21.5. The zero-order chi connectivity index (χ0) is 17.4. The lowest BCUT2D eigenvalue weighted by Gasteiger charge is -2.28. The molecule has 7 heteroatoms. The zero-order valence-electron chi connectivity index (χ0n) is 13.7. The molecule has 1 saturated heterocycles. The third-order valence-electron chi connectivity index (χ3n) is 4.88. The second-order valence-electron chi connectivity index (χ2n) is 6.63. The number of hydrogen-bond donors (Lipinski definition) is 0. The van der Waals surface area contributed by atoms with Crippen molar-refractivity contribution in [2.45, 2.75) is 38.1 Å². The lowest BCUT2D eigenvalue weighted by molar-refractivity contribution is -0.137. The van der Waals surface area contributed by atoms with Gasteiger partial charge in [-0.3, -0.25) is 4.90 Å². The van der Waals surface area contributed by atoms with Crippen molar-refractivity contribution in [2.75, 3.05) is 19.7 Å². The molecule has 1 atom stereocenters. The van der Waals surface area contributed by atoms with Gasteiger partial charge in [0.05, 0.1) is 11.7 Å². The molecule has 0 spiro atoms. The van der Waals surface area contributed by atoms with Crippen molar-refractivity contribution in [3.05, 3.63) is 41.2 Å². The van der Waals surface area contributed by atoms with Crippen LogP contribution in [0, 0.1) is 0 Å². The second-order valence-corrected chi connectivity index (χ2v) is 6.63. The van der Waals surface area contributed by atoms with Crippen LogP contribution in [0.25, 0.3) is 11.3 Å². The van der Waals surface area contributed by atoms with Crippen LogP contribution < -0.4 is 0 Å². The fourth-order valence-corrected chi connectivity index (χ4v) is 3.54. The molecule has 2 aromatic rings. The van der Waals surface area contributed by atoms with E-state index < -0.39 is 11.7 Å². The minimum absolute atomic E-state index is 0.274. The van der Waals surface area contributed by atoms with Gasteiger partial charge in [0.2, 0.25) is 0 Å². The van der Waals surface area contributed by atoms with Crippen molar-refractivity contribution in [1.82, 2.24) is 10.1 Å². The largest absolute Gasteiger partial charge is 0.416 e. The fraction of sp³-hybridized carbons (Fsp3) is 0.500. The summed E-state index contributed by atoms with van der Waals surface area (Å²) in [5, 5.41) is 4.11. The molecule has 25 heavy (non-hydrogen) atoms. The zero-order valence-corrected chi connectivity index (χ0v) is 13.7. The Morgan fingerprint density at radius 1 is 1.20 bits per heavy atom. The Bertz CT molecular complexity index is 734. The molecular weight excluding hydrogens is 333 g/mol. The minimum atomic E-state index is -4.33. The standard InChI is InChI=1S/C18H19F3N2O2/c19-18(20,21)13-5-3-12(4-6-13)17-15-11-23(8-7-16(15)25-22-17)10-14-2-1-9-24-14/h3-6,14H,1-2,7-11H2/t14-/m1/s1. The summed E-state index contributed by atoms with van der Waals surface area (Å²) in [4.78, 5) is 2.31. The monoisotopic (exact) mass is 352 g/mol. The number of ether oxygens (including phenoxy) is 1. The van der Waals surface area contributed by atoms with E-state index in [2.05, 4.69) is 10.1 Å². The average molecular weight is 352 g/mol. The smallest absolute Gasteiger partial charge is 0.377 e. The number of fused-ring (bicyclic) bond motifs is 1. The predicted molar refractivity (Wildman–Crippen MR) is 84.9 cm³/mol. The van der Waals surface area contributed by atoms with Crippen molar-refractivity contribution in [3.63, 3.8) is 0 Å². The maximum absolute atomic E-state index is 12.7. The molecule has 1 aromatic heterocycles. The molecule has 1 fully saturated rings. The molecular formula is C18H19F3N2O2. The first kappa shape index (κ1) is 16.6. The Balaban J connectivity index is 1.54. The molecule has 2 aliphatic rings. The number of nitrogens with zero attached hydrogens (tertiary/aromatic N) is 2. The first-order valence-electron chi connectivity index (χ1n) is 8.50. The molecule has 0 N–H and O–H groups in total. The van der Waals surface area contributed by atoms with Gasteiger partial charge in [-0.1, -0.05) is 17.3 Å². The van der Waals surface area contributed by atoms with E-state index in [1.807, 2.05) is 0 Å². The highest BCUT2D eigenvalue weighted by atomic mass is 19.4. The van der Waals surface area contributed by atoms with E-state index in [0.717, 1.165) is 62.4 Å². The van der Waals surface area contributed by atoms with E-state index in [-0.39, 0.29) is 6.10 Å². The van der Waals surface area contributed by atoms with Crippen LogP contribution in [0.5, 0.6) is 0 Å². The molecule has 0 amide bonds. The number of hydrogen-bond acceptors (Lipinski definition) is 4. The topological polar surface area (TPSA) is 38.5 Å². The van der Waals surface area contributed by atoms with Crippen molar-refractivity contribution >= 4 is 0 Å². The van der Waals surface area contributed by atoms with Gasteiger partial charge < -0.3 is 9.26 Å². The van der Waals surface area contributed by atoms with E-state index >= 15 is 0 Å². The first-order chi connectivity index (χ1) is 12.0. The molecule has 2 aliphatic heterocycles. The molecule has 0 bridgehead atoms. The summed E-state index contributed by atoms with van der Waals surface area (Å²) in [5.74, 6) is 0.832. The lowest BCUT2D eigenvalue weighted by atomic mass is 10.00. The number of alkyl halides is 3. The van der Waals surface area contributed by atoms with Crippen LogP contribution in [0.1, 0.15) is 29.7 Å². The number of rotatable bonds is 3. The van der Waals surface area contributed by atoms with Gasteiger partial charge in [-0.15, -0.1) is 0 Å². The van der Waals surface area contributed by atoms with Gasteiger partial charge in [-0.05, 0) is 25.0 Å². The van der Waals surface area contributed by atoms with Gasteiger partial charge in [0.15, 0.2) is 0 Å². The molecule has 0 radical (unpaired) electrons. The van der Waals surface area contributed by atoms with Gasteiger partial charge >= 0.3 is 6.18 Å². The van der Waals surface area contributed by atoms with E-state index in [9.17, 15) is 13.2 Å². The quantitative estimate of drug-likeness (QED) is 0.840. The molecule has 1 aromatic carbocycles. The summed E-state index contributed by atoms with van der Waals surface area (Å²) in [6, 6.07) is 5.09. The summed E-state index contributed by atoms with van der Waals surface area (Å²) >= 11 is 0. The first-order valence-corrected chi connectivity index (χ1v) is 8.50. The van der Waals surface area contributed by atoms with Crippen molar-refractivity contribution in [1.29, 1.82) is 0 Å². The SMILES string of the molecule is FC(F)(F)c1ccc(-c2noc3c2CN(C[C@H]2CCCO2)CC3)cc1. The molecule has 4 nitrogen and oxygen atoms in total. The highest BCUT2D eigenvalue weighted by Crippen LogP contribution is 2.34. The third-order valence-corrected chi connectivity index (χ3v) is 4.88. The van der Waals surface area contributed by atoms with Gasteiger partial charge in [-0.2, -0.15) is 13.2 Å². The highest BCUT2D eigenvalue weighted by Gasteiger charge is 2.31. The molecule has 3 heterocycles. The fourth-order valence-electron chi connectivity index (χ4n) is 3.54. The van der Waals surface area contributed by atoms with E-state index in [1.165, 1.54) is 12.1 Å². The van der Waals surface area contributed by atoms with Crippen LogP contribution in [0.3, 0.4) is 0 Å². The third kappa shape index (κ3) is 3.43. The molecule has 0 saturated carbocycles. The summed E-state index contributed by atoms with van der Waals surface area (Å²) in [5.41, 5.74) is 1.61. The van der Waals surface area contributed by atoms with Crippen molar-refractivity contribution in [2.24, 2.45) is 0 Å². The molecule has 0 aliphatic carbocycles. The maximum Gasteiger partial charge on any atom is 0.416 e. The second kappa shape index (κ2) is 6.46. The highest BCUT2D eigenvalue weighted by molar-refractivity contribution is 5.64. The van der Waals surface area contributed by atoms with E-state index in [1.54, 1.807) is 0 Å². The lowest BCUT2D eigenvalue weighted by Crippen LogP contribution is -2.36. The molecule has 4 rings (SSSR count). The van der Waals surface area contributed by atoms with Gasteiger partial charge in [0.25, 0.3) is 0 Å². The Labute approximate surface area is 143 Å². The van der Waals surface area contributed by atoms with Crippen molar-refractivity contribution in [3.8, 4) is 11.3 Å². The van der Waals surface area contributed by atoms with Gasteiger partial charge in [0, 0.05) is 43.8 Å². The van der Waals surface area contributed by atoms with Gasteiger partial charge in [-0.25, -0.2) is 0 Å².